The average molecular weight is 423 g/mol. The third-order valence-electron chi connectivity index (χ3n) is 9.28. The zero-order valence-corrected chi connectivity index (χ0v) is 20.0. The van der Waals surface area contributed by atoms with Crippen LogP contribution in [0.2, 0.25) is 18.1 Å². The molecule has 30 heavy (non-hydrogen) atoms. The Morgan fingerprint density at radius 1 is 1.20 bits per heavy atom. The van der Waals surface area contributed by atoms with Crippen molar-refractivity contribution in [2.75, 3.05) is 0 Å². The Kier molecular flexibility index (Phi) is 5.70. The lowest BCUT2D eigenvalue weighted by Crippen LogP contribution is -2.50. The van der Waals surface area contributed by atoms with E-state index in [0.717, 1.165) is 50.2 Å². The molecule has 3 aliphatic carbocycles. The number of hydrogen-bond acceptors (Lipinski definition) is 2. The molecule has 0 saturated heterocycles. The van der Waals surface area contributed by atoms with Crippen LogP contribution in [0.25, 0.3) is 0 Å². The number of allylic oxidation sites excluding steroid dienone is 1. The fourth-order valence-corrected chi connectivity index (χ4v) is 9.63. The molecule has 0 aliphatic heterocycles. The molecule has 2 fully saturated rings. The van der Waals surface area contributed by atoms with Crippen molar-refractivity contribution in [3.05, 3.63) is 42.0 Å². The number of fused-ring (bicyclic) bond motifs is 5. The van der Waals surface area contributed by atoms with Crippen molar-refractivity contribution in [3.8, 4) is 17.2 Å². The lowest BCUT2D eigenvalue weighted by Gasteiger charge is -2.52. The molecule has 0 amide bonds. The molecule has 2 N–H and O–H groups in total. The molecule has 2 saturated carbocycles. The Morgan fingerprint density at radius 2 is 1.97 bits per heavy atom. The Labute approximate surface area is 183 Å². The molecule has 4 rings (SSSR count). The van der Waals surface area contributed by atoms with E-state index in [0.29, 0.717) is 23.5 Å². The summed E-state index contributed by atoms with van der Waals surface area (Å²) in [4.78, 5) is 0. The summed E-state index contributed by atoms with van der Waals surface area (Å²) in [5.74, 6) is 5.66. The van der Waals surface area contributed by atoms with Gasteiger partial charge in [-0.15, -0.1) is 12.1 Å². The number of hydrogen-bond donors (Lipinski definition) is 2. The molecular formula is C27H38O2Si. The molecule has 5 atom stereocenters. The summed E-state index contributed by atoms with van der Waals surface area (Å²) < 4.78 is 0. The van der Waals surface area contributed by atoms with Crippen molar-refractivity contribution < 1.29 is 10.2 Å². The first-order valence-corrected chi connectivity index (χ1v) is 14.6. The van der Waals surface area contributed by atoms with Crippen LogP contribution >= 0.6 is 0 Å². The van der Waals surface area contributed by atoms with Gasteiger partial charge in [-0.3, -0.25) is 0 Å². The number of benzene rings is 1. The molecule has 0 radical (unpaired) electrons. The summed E-state index contributed by atoms with van der Waals surface area (Å²) in [5.41, 5.74) is 5.54. The lowest BCUT2D eigenvalue weighted by molar-refractivity contribution is -0.0647. The van der Waals surface area contributed by atoms with Gasteiger partial charge >= 0.3 is 0 Å². The van der Waals surface area contributed by atoms with Gasteiger partial charge in [-0.25, -0.2) is 0 Å². The van der Waals surface area contributed by atoms with Gasteiger partial charge < -0.3 is 10.2 Å². The van der Waals surface area contributed by atoms with E-state index >= 15 is 0 Å². The fourth-order valence-electron chi connectivity index (χ4n) is 7.07. The Morgan fingerprint density at radius 3 is 2.67 bits per heavy atom. The Hall–Kier alpha value is -1.50. The molecule has 1 aromatic rings. The van der Waals surface area contributed by atoms with Gasteiger partial charge in [0.25, 0.3) is 0 Å². The largest absolute Gasteiger partial charge is 0.508 e. The van der Waals surface area contributed by atoms with Crippen LogP contribution in [0, 0.1) is 28.7 Å². The third kappa shape index (κ3) is 3.28. The van der Waals surface area contributed by atoms with Crippen LogP contribution in [0.4, 0.5) is 0 Å². The average Bonchev–Trinajstić information content (AvgIpc) is 3.02. The molecule has 0 unspecified atom stereocenters. The Balaban J connectivity index is 1.64. The predicted octanol–water partition coefficient (Wildman–Crippen LogP) is 6.20. The standard InChI is InChI=1S/C27H38O2Si/c1-5-17-30(6-2,7-3)18-16-27(29)15-13-25-24-10-8-20-19-21(28)9-11-22(20)23(24)12-14-26(25,27)4/h5,9,11,19,23-25,28-29H,1,6-8,10,12-15,17H2,2-4H3/t23-,24-,25+,26+,27-/m1/s1. The molecule has 0 bridgehead atoms. The quantitative estimate of drug-likeness (QED) is 0.345. The van der Waals surface area contributed by atoms with Crippen LogP contribution in [0.5, 0.6) is 5.75 Å². The number of rotatable bonds is 4. The van der Waals surface area contributed by atoms with Gasteiger partial charge in [0.1, 0.15) is 19.4 Å². The first-order chi connectivity index (χ1) is 14.3. The van der Waals surface area contributed by atoms with Gasteiger partial charge in [0.05, 0.1) is 0 Å². The maximum Gasteiger partial charge on any atom is 0.141 e. The lowest BCUT2D eigenvalue weighted by atomic mass is 9.53. The van der Waals surface area contributed by atoms with Crippen molar-refractivity contribution in [1.29, 1.82) is 0 Å². The summed E-state index contributed by atoms with van der Waals surface area (Å²) in [7, 11) is -1.70. The SMILES string of the molecule is C=CC[Si](C#C[C@]1(O)CC[C@H]2[C@@H]3CCc4cc(O)ccc4[C@H]3CC[C@@]21C)(CC)CC. The highest BCUT2D eigenvalue weighted by Gasteiger charge is 2.61. The van der Waals surface area contributed by atoms with Crippen molar-refractivity contribution >= 4 is 8.07 Å². The van der Waals surface area contributed by atoms with E-state index in [-0.39, 0.29) is 5.41 Å². The van der Waals surface area contributed by atoms with E-state index in [1.54, 1.807) is 0 Å². The second-order valence-electron chi connectivity index (χ2n) is 10.4. The molecule has 0 aromatic heterocycles. The molecule has 3 aliphatic rings. The van der Waals surface area contributed by atoms with E-state index in [2.05, 4.69) is 44.9 Å². The molecule has 3 heteroatoms. The molecule has 1 aromatic carbocycles. The van der Waals surface area contributed by atoms with Crippen LogP contribution < -0.4 is 0 Å². The van der Waals surface area contributed by atoms with Crippen LogP contribution in [0.3, 0.4) is 0 Å². The Bertz CT molecular complexity index is 877. The number of phenolic OH excluding ortho intramolecular Hbond substituents is 1. The van der Waals surface area contributed by atoms with E-state index in [4.69, 9.17) is 0 Å². The van der Waals surface area contributed by atoms with Crippen LogP contribution in [0.1, 0.15) is 69.9 Å². The smallest absolute Gasteiger partial charge is 0.141 e. The van der Waals surface area contributed by atoms with Crippen molar-refractivity contribution in [2.45, 2.75) is 88.9 Å². The van der Waals surface area contributed by atoms with E-state index < -0.39 is 13.7 Å². The minimum Gasteiger partial charge on any atom is -0.508 e. The highest BCUT2D eigenvalue weighted by Crippen LogP contribution is 2.64. The maximum absolute atomic E-state index is 11.9. The highest BCUT2D eigenvalue weighted by atomic mass is 28.3. The monoisotopic (exact) mass is 422 g/mol. The summed E-state index contributed by atoms with van der Waals surface area (Å²) in [6.07, 6.45) is 8.32. The molecular weight excluding hydrogens is 384 g/mol. The zero-order valence-electron chi connectivity index (χ0n) is 19.0. The predicted molar refractivity (Wildman–Crippen MR) is 127 cm³/mol. The summed E-state index contributed by atoms with van der Waals surface area (Å²) in [6, 6.07) is 9.26. The van der Waals surface area contributed by atoms with E-state index in [1.165, 1.54) is 17.5 Å². The van der Waals surface area contributed by atoms with Gasteiger partial charge in [0, 0.05) is 5.41 Å². The van der Waals surface area contributed by atoms with Crippen LogP contribution in [0.15, 0.2) is 30.9 Å². The fraction of sp³-hybridized carbons (Fsp3) is 0.630. The zero-order chi connectivity index (χ0) is 21.6. The summed E-state index contributed by atoms with van der Waals surface area (Å²) in [5, 5.41) is 21.8. The van der Waals surface area contributed by atoms with Gasteiger partial charge in [0.15, 0.2) is 0 Å². The molecule has 0 heterocycles. The summed E-state index contributed by atoms with van der Waals surface area (Å²) >= 11 is 0. The van der Waals surface area contributed by atoms with E-state index in [1.807, 2.05) is 18.2 Å². The first-order valence-electron chi connectivity index (χ1n) is 12.0. The molecule has 2 nitrogen and oxygen atoms in total. The number of phenols is 1. The summed E-state index contributed by atoms with van der Waals surface area (Å²) in [6.45, 7) is 10.8. The molecule has 162 valence electrons. The van der Waals surface area contributed by atoms with Gasteiger partial charge in [0.2, 0.25) is 0 Å². The van der Waals surface area contributed by atoms with Crippen LogP contribution in [-0.2, 0) is 6.42 Å². The second kappa shape index (κ2) is 7.88. The highest BCUT2D eigenvalue weighted by molar-refractivity contribution is 6.87. The topological polar surface area (TPSA) is 40.5 Å². The first kappa shape index (κ1) is 21.7. The molecule has 0 spiro atoms. The minimum absolute atomic E-state index is 0.106. The van der Waals surface area contributed by atoms with Crippen LogP contribution in [-0.4, -0.2) is 23.9 Å². The minimum atomic E-state index is -1.70. The van der Waals surface area contributed by atoms with E-state index in [9.17, 15) is 10.2 Å². The third-order valence-corrected chi connectivity index (χ3v) is 13.7. The number of aliphatic hydroxyl groups is 1. The normalized spacial score (nSPS) is 34.9. The van der Waals surface area contributed by atoms with Crippen molar-refractivity contribution in [3.63, 3.8) is 0 Å². The van der Waals surface area contributed by atoms with Gasteiger partial charge in [-0.1, -0.05) is 38.8 Å². The van der Waals surface area contributed by atoms with Crippen molar-refractivity contribution in [2.24, 2.45) is 17.3 Å². The van der Waals surface area contributed by atoms with Gasteiger partial charge in [-0.05, 0) is 97.7 Å². The number of aromatic hydroxyl groups is 1. The maximum atomic E-state index is 11.9. The number of aryl methyl sites for hydroxylation is 1. The van der Waals surface area contributed by atoms with Gasteiger partial charge in [-0.2, -0.15) is 0 Å². The second-order valence-corrected chi connectivity index (χ2v) is 15.0. The van der Waals surface area contributed by atoms with Crippen molar-refractivity contribution in [1.82, 2.24) is 0 Å².